The summed E-state index contributed by atoms with van der Waals surface area (Å²) in [5.41, 5.74) is 0.915. The molecule has 2 aliphatic rings. The van der Waals surface area contributed by atoms with Crippen molar-refractivity contribution in [2.75, 3.05) is 11.4 Å². The zero-order chi connectivity index (χ0) is 20.1. The number of carbonyl (C=O) groups is 1. The van der Waals surface area contributed by atoms with Gasteiger partial charge in [0.05, 0.1) is 17.8 Å². The van der Waals surface area contributed by atoms with Gasteiger partial charge in [-0.25, -0.2) is 4.39 Å². The minimum absolute atomic E-state index is 0.0632. The van der Waals surface area contributed by atoms with Gasteiger partial charge in [0.15, 0.2) is 17.3 Å². The lowest BCUT2D eigenvalue weighted by atomic mass is 9.89. The topological polar surface area (TPSA) is 41.6 Å². The van der Waals surface area contributed by atoms with Crippen LogP contribution >= 0.6 is 11.6 Å². The van der Waals surface area contributed by atoms with E-state index in [1.807, 2.05) is 4.90 Å². The third-order valence-corrected chi connectivity index (χ3v) is 5.20. The first-order valence-electron chi connectivity index (χ1n) is 8.66. The van der Waals surface area contributed by atoms with Crippen LogP contribution in [-0.4, -0.2) is 24.7 Å². The molecule has 4 rings (SSSR count). The molecule has 2 aliphatic heterocycles. The first-order chi connectivity index (χ1) is 13.3. The Labute approximate surface area is 163 Å². The van der Waals surface area contributed by atoms with Crippen LogP contribution in [-0.2, 0) is 4.79 Å². The number of para-hydroxylation sites is 1. The lowest BCUT2D eigenvalue weighted by Gasteiger charge is -2.42. The van der Waals surface area contributed by atoms with Crippen LogP contribution in [0.15, 0.2) is 36.4 Å². The van der Waals surface area contributed by atoms with Crippen molar-refractivity contribution < 1.29 is 27.1 Å². The normalized spacial score (nSPS) is 21.0. The van der Waals surface area contributed by atoms with Crippen molar-refractivity contribution in [1.29, 1.82) is 0 Å². The summed E-state index contributed by atoms with van der Waals surface area (Å²) in [6, 6.07) is 7.49. The van der Waals surface area contributed by atoms with Gasteiger partial charge >= 0.3 is 12.1 Å². The van der Waals surface area contributed by atoms with Gasteiger partial charge in [-0.2, -0.15) is 13.2 Å². The molecular weight excluding hydrogens is 400 g/mol. The standard InChI is InChI=1S/C19H15ClF4N2O2/c20-10-6-7-15-14(9-10)26-8-2-5-13(25-18(27)19(22,23)24)16(26)11-3-1-4-12(21)17(11)28-15/h1,3-4,6-7,9,13,16H,2,5,8H2,(H,25,27)/t13-,16-/m1/s1. The number of nitrogens with zero attached hydrogens (tertiary/aromatic N) is 1. The molecule has 4 nitrogen and oxygen atoms in total. The average molecular weight is 415 g/mol. The summed E-state index contributed by atoms with van der Waals surface area (Å²) in [5.74, 6) is -2.37. The van der Waals surface area contributed by atoms with Crippen molar-refractivity contribution in [3.63, 3.8) is 0 Å². The minimum atomic E-state index is -5.00. The summed E-state index contributed by atoms with van der Waals surface area (Å²) in [4.78, 5) is 13.4. The van der Waals surface area contributed by atoms with Gasteiger partial charge in [-0.3, -0.25) is 4.79 Å². The van der Waals surface area contributed by atoms with Crippen LogP contribution in [0.4, 0.5) is 23.2 Å². The molecule has 1 amide bonds. The molecule has 0 spiro atoms. The SMILES string of the molecule is O=C(N[C@@H]1CCCN2c3cc(Cl)ccc3Oc3c(F)cccc3[C@H]12)C(F)(F)F. The summed E-state index contributed by atoms with van der Waals surface area (Å²) < 4.78 is 58.8. The van der Waals surface area contributed by atoms with E-state index in [4.69, 9.17) is 16.3 Å². The smallest absolute Gasteiger partial charge is 0.452 e. The molecule has 0 radical (unpaired) electrons. The van der Waals surface area contributed by atoms with Gasteiger partial charge in [0.2, 0.25) is 0 Å². The number of carbonyl (C=O) groups excluding carboxylic acids is 1. The Morgan fingerprint density at radius 3 is 2.79 bits per heavy atom. The molecule has 1 fully saturated rings. The van der Waals surface area contributed by atoms with Crippen LogP contribution in [0.3, 0.4) is 0 Å². The number of fused-ring (bicyclic) bond motifs is 5. The van der Waals surface area contributed by atoms with Crippen LogP contribution in [0.1, 0.15) is 24.4 Å². The van der Waals surface area contributed by atoms with E-state index in [0.717, 1.165) is 0 Å². The highest BCUT2D eigenvalue weighted by molar-refractivity contribution is 6.31. The van der Waals surface area contributed by atoms with Crippen molar-refractivity contribution in [3.05, 3.63) is 52.8 Å². The largest absolute Gasteiger partial charge is 0.471 e. The molecule has 9 heteroatoms. The number of benzene rings is 2. The van der Waals surface area contributed by atoms with Gasteiger partial charge in [0.1, 0.15) is 0 Å². The summed E-state index contributed by atoms with van der Waals surface area (Å²) in [7, 11) is 0. The number of alkyl halides is 3. The number of piperidine rings is 1. The second kappa shape index (κ2) is 6.84. The van der Waals surface area contributed by atoms with Crippen molar-refractivity contribution in [3.8, 4) is 11.5 Å². The lowest BCUT2D eigenvalue weighted by Crippen LogP contribution is -2.52. The van der Waals surface area contributed by atoms with Crippen molar-refractivity contribution >= 4 is 23.2 Å². The molecule has 0 aliphatic carbocycles. The van der Waals surface area contributed by atoms with Gasteiger partial charge in [-0.15, -0.1) is 0 Å². The Hall–Kier alpha value is -2.48. The van der Waals surface area contributed by atoms with Gasteiger partial charge in [0.25, 0.3) is 0 Å². The van der Waals surface area contributed by atoms with Gasteiger partial charge < -0.3 is 15.0 Å². The Morgan fingerprint density at radius 1 is 1.25 bits per heavy atom. The number of hydrogen-bond donors (Lipinski definition) is 1. The molecule has 0 aromatic heterocycles. The van der Waals surface area contributed by atoms with Gasteiger partial charge in [-0.1, -0.05) is 23.7 Å². The van der Waals surface area contributed by atoms with E-state index in [1.54, 1.807) is 24.3 Å². The first-order valence-corrected chi connectivity index (χ1v) is 9.03. The zero-order valence-electron chi connectivity index (χ0n) is 14.4. The molecule has 0 bridgehead atoms. The molecule has 148 valence electrons. The Balaban J connectivity index is 1.85. The number of hydrogen-bond acceptors (Lipinski definition) is 3. The maximum atomic E-state index is 14.5. The molecule has 2 atom stereocenters. The van der Waals surface area contributed by atoms with Crippen molar-refractivity contribution in [1.82, 2.24) is 5.32 Å². The van der Waals surface area contributed by atoms with E-state index in [2.05, 4.69) is 5.32 Å². The second-order valence-corrected chi connectivity index (χ2v) is 7.17. The number of nitrogens with one attached hydrogen (secondary N) is 1. The van der Waals surface area contributed by atoms with Crippen LogP contribution in [0, 0.1) is 5.82 Å². The molecule has 2 aromatic carbocycles. The summed E-state index contributed by atoms with van der Waals surface area (Å²) in [5, 5.41) is 2.49. The monoisotopic (exact) mass is 414 g/mol. The van der Waals surface area contributed by atoms with E-state index >= 15 is 0 Å². The van der Waals surface area contributed by atoms with Crippen LogP contribution in [0.25, 0.3) is 0 Å². The fraction of sp³-hybridized carbons (Fsp3) is 0.316. The van der Waals surface area contributed by atoms with Crippen molar-refractivity contribution in [2.45, 2.75) is 31.1 Å². The Kier molecular flexibility index (Phi) is 4.61. The third-order valence-electron chi connectivity index (χ3n) is 4.96. The molecule has 0 unspecified atom stereocenters. The molecule has 28 heavy (non-hydrogen) atoms. The fourth-order valence-electron chi connectivity index (χ4n) is 3.83. The number of amides is 1. The molecule has 0 saturated carbocycles. The van der Waals surface area contributed by atoms with Gasteiger partial charge in [-0.05, 0) is 37.1 Å². The predicted octanol–water partition coefficient (Wildman–Crippen LogP) is 4.97. The van der Waals surface area contributed by atoms with Crippen LogP contribution < -0.4 is 15.0 Å². The van der Waals surface area contributed by atoms with Gasteiger partial charge in [0, 0.05) is 17.1 Å². The highest BCUT2D eigenvalue weighted by atomic mass is 35.5. The highest BCUT2D eigenvalue weighted by Gasteiger charge is 2.44. The van der Waals surface area contributed by atoms with E-state index in [1.165, 1.54) is 12.1 Å². The molecule has 2 aromatic rings. The van der Waals surface area contributed by atoms with E-state index in [0.29, 0.717) is 41.4 Å². The Morgan fingerprint density at radius 2 is 2.04 bits per heavy atom. The first kappa shape index (κ1) is 18.9. The van der Waals surface area contributed by atoms with Crippen molar-refractivity contribution in [2.24, 2.45) is 0 Å². The van der Waals surface area contributed by atoms with E-state index < -0.39 is 30.0 Å². The fourth-order valence-corrected chi connectivity index (χ4v) is 4.00. The number of anilines is 1. The Bertz CT molecular complexity index is 935. The minimum Gasteiger partial charge on any atom is -0.452 e. The number of rotatable bonds is 1. The highest BCUT2D eigenvalue weighted by Crippen LogP contribution is 2.49. The second-order valence-electron chi connectivity index (χ2n) is 6.73. The summed E-state index contributed by atoms with van der Waals surface area (Å²) >= 11 is 6.11. The van der Waals surface area contributed by atoms with E-state index in [9.17, 15) is 22.4 Å². The summed E-state index contributed by atoms with van der Waals surface area (Å²) in [6.45, 7) is 0.496. The molecular formula is C19H15ClF4N2O2. The predicted molar refractivity (Wildman–Crippen MR) is 95.2 cm³/mol. The number of ether oxygens (including phenoxy) is 1. The van der Waals surface area contributed by atoms with Crippen LogP contribution in [0.2, 0.25) is 5.02 Å². The number of halogens is 5. The lowest BCUT2D eigenvalue weighted by molar-refractivity contribution is -0.174. The zero-order valence-corrected chi connectivity index (χ0v) is 15.1. The average Bonchev–Trinajstić information content (AvgIpc) is 2.77. The maximum Gasteiger partial charge on any atom is 0.471 e. The van der Waals surface area contributed by atoms with Crippen LogP contribution in [0.5, 0.6) is 11.5 Å². The summed E-state index contributed by atoms with van der Waals surface area (Å²) in [6.07, 6.45) is -4.15. The molecule has 2 heterocycles. The third kappa shape index (κ3) is 3.26. The molecule has 1 saturated heterocycles. The quantitative estimate of drug-likeness (QED) is 0.670. The van der Waals surface area contributed by atoms with E-state index in [-0.39, 0.29) is 5.75 Å². The maximum absolute atomic E-state index is 14.5. The molecule has 1 N–H and O–H groups in total.